The van der Waals surface area contributed by atoms with Crippen LogP contribution in [-0.2, 0) is 0 Å². The van der Waals surface area contributed by atoms with Crippen molar-refractivity contribution in [3.63, 3.8) is 0 Å². The number of halogens is 1. The number of hydrogen-bond donors (Lipinski definition) is 1. The van der Waals surface area contributed by atoms with Crippen molar-refractivity contribution in [3.05, 3.63) is 62.2 Å². The van der Waals surface area contributed by atoms with Gasteiger partial charge < -0.3 is 5.32 Å². The minimum absolute atomic E-state index is 0.00559. The number of benzene rings is 1. The van der Waals surface area contributed by atoms with Crippen molar-refractivity contribution in [2.45, 2.75) is 19.9 Å². The Kier molecular flexibility index (Phi) is 4.34. The molecule has 0 aliphatic carbocycles. The van der Waals surface area contributed by atoms with Gasteiger partial charge in [0.25, 0.3) is 0 Å². The summed E-state index contributed by atoms with van der Waals surface area (Å²) in [7, 11) is 0. The largest absolute Gasteiger partial charge is 0.358 e. The second-order valence-corrected chi connectivity index (χ2v) is 5.47. The molecule has 0 bridgehead atoms. The van der Waals surface area contributed by atoms with E-state index in [0.717, 1.165) is 15.6 Å². The Balaban J connectivity index is 2.25. The number of nitrogens with zero attached hydrogens (tertiary/aromatic N) is 2. The lowest BCUT2D eigenvalue weighted by molar-refractivity contribution is -0.384. The first-order chi connectivity index (χ1) is 9.47. The van der Waals surface area contributed by atoms with Crippen LogP contribution in [0.3, 0.4) is 0 Å². The van der Waals surface area contributed by atoms with Gasteiger partial charge in [-0.3, -0.25) is 10.1 Å². The minimum Gasteiger partial charge on any atom is -0.358 e. The summed E-state index contributed by atoms with van der Waals surface area (Å²) in [6.45, 7) is 3.72. The third-order valence-corrected chi connectivity index (χ3v) is 3.45. The molecule has 0 amide bonds. The molecule has 1 aromatic heterocycles. The van der Waals surface area contributed by atoms with E-state index in [-0.39, 0.29) is 17.5 Å². The number of aryl methyl sites for hydroxylation is 1. The van der Waals surface area contributed by atoms with Crippen LogP contribution in [-0.4, -0.2) is 9.91 Å². The fraction of sp³-hybridized carbons (Fsp3) is 0.214. The van der Waals surface area contributed by atoms with E-state index in [4.69, 9.17) is 0 Å². The van der Waals surface area contributed by atoms with Crippen LogP contribution >= 0.6 is 15.9 Å². The van der Waals surface area contributed by atoms with Gasteiger partial charge in [-0.1, -0.05) is 28.1 Å². The lowest BCUT2D eigenvalue weighted by atomic mass is 10.1. The molecule has 0 radical (unpaired) electrons. The normalized spacial score (nSPS) is 11.9. The zero-order valence-electron chi connectivity index (χ0n) is 11.1. The Labute approximate surface area is 125 Å². The van der Waals surface area contributed by atoms with E-state index in [0.29, 0.717) is 0 Å². The monoisotopic (exact) mass is 335 g/mol. The molecule has 1 heterocycles. The van der Waals surface area contributed by atoms with Crippen molar-refractivity contribution in [1.29, 1.82) is 0 Å². The number of nitrogens with one attached hydrogen (secondary N) is 1. The minimum atomic E-state index is -0.420. The second kappa shape index (κ2) is 6.00. The predicted molar refractivity (Wildman–Crippen MR) is 81.8 cm³/mol. The molecular weight excluding hydrogens is 322 g/mol. The fourth-order valence-corrected chi connectivity index (χ4v) is 2.11. The molecule has 2 aromatic rings. The Morgan fingerprint density at radius 1 is 1.35 bits per heavy atom. The van der Waals surface area contributed by atoms with Crippen molar-refractivity contribution < 1.29 is 4.92 Å². The predicted octanol–water partition coefficient (Wildman–Crippen LogP) is 4.23. The number of anilines is 1. The summed E-state index contributed by atoms with van der Waals surface area (Å²) in [6.07, 6.45) is 1.61. The molecule has 0 saturated carbocycles. The van der Waals surface area contributed by atoms with Crippen LogP contribution in [0.15, 0.2) is 41.0 Å². The first-order valence-corrected chi connectivity index (χ1v) is 6.89. The molecule has 1 aromatic carbocycles. The molecule has 20 heavy (non-hydrogen) atoms. The highest BCUT2D eigenvalue weighted by atomic mass is 79.9. The molecule has 1 N–H and O–H groups in total. The van der Waals surface area contributed by atoms with Crippen LogP contribution in [0.1, 0.15) is 24.1 Å². The molecule has 104 valence electrons. The van der Waals surface area contributed by atoms with Gasteiger partial charge in [-0.2, -0.15) is 0 Å². The zero-order chi connectivity index (χ0) is 14.7. The summed E-state index contributed by atoms with van der Waals surface area (Å²) in [4.78, 5) is 14.8. The summed E-state index contributed by atoms with van der Waals surface area (Å²) in [6, 6.07) is 9.24. The average Bonchev–Trinajstić information content (AvgIpc) is 2.41. The molecule has 1 unspecified atom stereocenters. The van der Waals surface area contributed by atoms with Gasteiger partial charge in [0.05, 0.1) is 11.0 Å². The Hall–Kier alpha value is -1.95. The van der Waals surface area contributed by atoms with Crippen molar-refractivity contribution in [1.82, 2.24) is 4.98 Å². The van der Waals surface area contributed by atoms with E-state index in [9.17, 15) is 10.1 Å². The van der Waals surface area contributed by atoms with E-state index in [1.165, 1.54) is 6.07 Å². The molecule has 0 saturated heterocycles. The van der Waals surface area contributed by atoms with Gasteiger partial charge in [0, 0.05) is 16.7 Å². The van der Waals surface area contributed by atoms with Crippen LogP contribution in [0.25, 0.3) is 0 Å². The smallest absolute Gasteiger partial charge is 0.311 e. The fourth-order valence-electron chi connectivity index (χ4n) is 1.84. The molecule has 0 spiro atoms. The number of aromatic nitrogens is 1. The van der Waals surface area contributed by atoms with Crippen LogP contribution in [0.5, 0.6) is 0 Å². The zero-order valence-corrected chi connectivity index (χ0v) is 12.7. The quantitative estimate of drug-likeness (QED) is 0.670. The topological polar surface area (TPSA) is 68.1 Å². The van der Waals surface area contributed by atoms with E-state index >= 15 is 0 Å². The van der Waals surface area contributed by atoms with Gasteiger partial charge in [-0.15, -0.1) is 0 Å². The number of nitro groups is 1. The molecule has 0 fully saturated rings. The lowest BCUT2D eigenvalue weighted by Crippen LogP contribution is -2.10. The van der Waals surface area contributed by atoms with Gasteiger partial charge in [0.2, 0.25) is 5.82 Å². The maximum atomic E-state index is 11.1. The van der Waals surface area contributed by atoms with Crippen LogP contribution < -0.4 is 5.32 Å². The van der Waals surface area contributed by atoms with Crippen LogP contribution in [0.4, 0.5) is 11.5 Å². The summed E-state index contributed by atoms with van der Waals surface area (Å²) in [5, 5.41) is 14.1. The van der Waals surface area contributed by atoms with Crippen LogP contribution in [0, 0.1) is 17.0 Å². The van der Waals surface area contributed by atoms with Crippen molar-refractivity contribution in [3.8, 4) is 0 Å². The summed E-state index contributed by atoms with van der Waals surface area (Å²) in [5.41, 5.74) is 1.79. The van der Waals surface area contributed by atoms with Gasteiger partial charge in [0.1, 0.15) is 0 Å². The molecule has 2 rings (SSSR count). The molecule has 0 aliphatic heterocycles. The Morgan fingerprint density at radius 2 is 2.00 bits per heavy atom. The maximum absolute atomic E-state index is 11.1. The van der Waals surface area contributed by atoms with Crippen molar-refractivity contribution in [2.75, 3.05) is 5.32 Å². The number of hydrogen-bond acceptors (Lipinski definition) is 4. The highest BCUT2D eigenvalue weighted by Crippen LogP contribution is 2.27. The van der Waals surface area contributed by atoms with E-state index in [1.807, 2.05) is 31.2 Å². The summed E-state index contributed by atoms with van der Waals surface area (Å²) in [5.74, 6) is 0.288. The third-order valence-electron chi connectivity index (χ3n) is 2.92. The number of pyridine rings is 1. The Morgan fingerprint density at radius 3 is 2.60 bits per heavy atom. The highest BCUT2D eigenvalue weighted by Gasteiger charge is 2.17. The van der Waals surface area contributed by atoms with Gasteiger partial charge in [-0.25, -0.2) is 4.98 Å². The number of rotatable bonds is 4. The first kappa shape index (κ1) is 14.5. The van der Waals surface area contributed by atoms with Gasteiger partial charge >= 0.3 is 5.69 Å². The molecule has 6 heteroatoms. The van der Waals surface area contributed by atoms with E-state index in [1.54, 1.807) is 13.1 Å². The van der Waals surface area contributed by atoms with Crippen molar-refractivity contribution in [2.24, 2.45) is 0 Å². The van der Waals surface area contributed by atoms with Gasteiger partial charge in [-0.05, 0) is 37.1 Å². The van der Waals surface area contributed by atoms with Crippen molar-refractivity contribution >= 4 is 27.4 Å². The highest BCUT2D eigenvalue weighted by molar-refractivity contribution is 9.10. The molecule has 0 aliphatic rings. The van der Waals surface area contributed by atoms with E-state index < -0.39 is 4.92 Å². The maximum Gasteiger partial charge on any atom is 0.311 e. The third kappa shape index (κ3) is 3.33. The SMILES string of the molecule is Cc1cnc(NC(C)c2ccc(Br)cc2)c([N+](=O)[O-])c1. The van der Waals surface area contributed by atoms with E-state index in [2.05, 4.69) is 26.2 Å². The second-order valence-electron chi connectivity index (χ2n) is 4.56. The summed E-state index contributed by atoms with van der Waals surface area (Å²) < 4.78 is 0.993. The van der Waals surface area contributed by atoms with Gasteiger partial charge in [0.15, 0.2) is 0 Å². The molecule has 1 atom stereocenters. The molecular formula is C14H14BrN3O2. The molecule has 5 nitrogen and oxygen atoms in total. The Bertz CT molecular complexity index is 629. The average molecular weight is 336 g/mol. The summed E-state index contributed by atoms with van der Waals surface area (Å²) >= 11 is 3.38. The first-order valence-electron chi connectivity index (χ1n) is 6.10. The standard InChI is InChI=1S/C14H14BrN3O2/c1-9-7-13(18(19)20)14(16-8-9)17-10(2)11-3-5-12(15)6-4-11/h3-8,10H,1-2H3,(H,16,17). The van der Waals surface area contributed by atoms with Crippen LogP contribution in [0.2, 0.25) is 0 Å². The lowest BCUT2D eigenvalue weighted by Gasteiger charge is -2.15.